The lowest BCUT2D eigenvalue weighted by atomic mass is 10.1. The van der Waals surface area contributed by atoms with Crippen LogP contribution in [0.15, 0.2) is 24.3 Å². The van der Waals surface area contributed by atoms with Gasteiger partial charge in [-0.05, 0) is 25.1 Å². The maximum absolute atomic E-state index is 11.5. The van der Waals surface area contributed by atoms with Crippen molar-refractivity contribution in [3.8, 4) is 0 Å². The number of rotatable bonds is 3. The fourth-order valence-electron chi connectivity index (χ4n) is 2.45. The van der Waals surface area contributed by atoms with E-state index in [2.05, 4.69) is 17.1 Å². The number of hydrogen-bond acceptors (Lipinski definition) is 5. The van der Waals surface area contributed by atoms with E-state index in [9.17, 15) is 9.90 Å². The van der Waals surface area contributed by atoms with Crippen molar-refractivity contribution in [1.82, 2.24) is 5.32 Å². The van der Waals surface area contributed by atoms with Gasteiger partial charge in [-0.3, -0.25) is 0 Å². The average molecular weight is 264 g/mol. The van der Waals surface area contributed by atoms with E-state index < -0.39 is 0 Å². The molecule has 5 nitrogen and oxygen atoms in total. The van der Waals surface area contributed by atoms with E-state index in [0.29, 0.717) is 11.6 Å². The van der Waals surface area contributed by atoms with Gasteiger partial charge >= 0.3 is 5.97 Å². The summed E-state index contributed by atoms with van der Waals surface area (Å²) >= 11 is 0. The Morgan fingerprint density at radius 3 is 3.00 bits per heavy atom. The number of aliphatic hydroxyl groups excluding tert-OH is 1. The van der Waals surface area contributed by atoms with Gasteiger partial charge in [0, 0.05) is 30.9 Å². The molecule has 1 heterocycles. The zero-order valence-corrected chi connectivity index (χ0v) is 11.3. The summed E-state index contributed by atoms with van der Waals surface area (Å²) in [5.41, 5.74) is 1.53. The molecule has 1 fully saturated rings. The third kappa shape index (κ3) is 3.24. The molecule has 1 aliphatic heterocycles. The number of piperazine rings is 1. The van der Waals surface area contributed by atoms with E-state index in [-0.39, 0.29) is 18.6 Å². The van der Waals surface area contributed by atoms with Gasteiger partial charge in [-0.1, -0.05) is 6.07 Å². The molecule has 0 amide bonds. The molecular formula is C14H20N2O3. The van der Waals surface area contributed by atoms with Crippen molar-refractivity contribution in [3.63, 3.8) is 0 Å². The first-order valence-corrected chi connectivity index (χ1v) is 6.44. The van der Waals surface area contributed by atoms with Crippen molar-refractivity contribution < 1.29 is 14.6 Å². The molecule has 0 spiro atoms. The zero-order valence-electron chi connectivity index (χ0n) is 11.3. The number of benzene rings is 1. The van der Waals surface area contributed by atoms with E-state index in [0.717, 1.165) is 18.8 Å². The first-order chi connectivity index (χ1) is 9.13. The first-order valence-electron chi connectivity index (χ1n) is 6.44. The lowest BCUT2D eigenvalue weighted by molar-refractivity contribution is 0.0600. The van der Waals surface area contributed by atoms with Crippen LogP contribution in [0.5, 0.6) is 0 Å². The molecule has 5 heteroatoms. The molecule has 2 unspecified atom stereocenters. The molecule has 0 aromatic heterocycles. The van der Waals surface area contributed by atoms with Gasteiger partial charge in [0.2, 0.25) is 0 Å². The van der Waals surface area contributed by atoms with Crippen LogP contribution in [-0.2, 0) is 4.74 Å². The highest BCUT2D eigenvalue weighted by atomic mass is 16.5. The van der Waals surface area contributed by atoms with Gasteiger partial charge in [-0.15, -0.1) is 0 Å². The summed E-state index contributed by atoms with van der Waals surface area (Å²) in [6.07, 6.45) is 0. The van der Waals surface area contributed by atoms with Crippen LogP contribution in [0.4, 0.5) is 5.69 Å². The van der Waals surface area contributed by atoms with Crippen LogP contribution < -0.4 is 10.2 Å². The van der Waals surface area contributed by atoms with Crippen molar-refractivity contribution in [2.45, 2.75) is 19.0 Å². The Bertz CT molecular complexity index is 450. The maximum Gasteiger partial charge on any atom is 0.337 e. The molecule has 2 atom stereocenters. The van der Waals surface area contributed by atoms with Crippen LogP contribution in [-0.4, -0.2) is 50.0 Å². The number of methoxy groups -OCH3 is 1. The van der Waals surface area contributed by atoms with E-state index in [1.165, 1.54) is 7.11 Å². The fraction of sp³-hybridized carbons (Fsp3) is 0.500. The number of aliphatic hydroxyl groups is 1. The fourth-order valence-corrected chi connectivity index (χ4v) is 2.45. The number of carbonyl (C=O) groups is 1. The van der Waals surface area contributed by atoms with Crippen molar-refractivity contribution in [3.05, 3.63) is 29.8 Å². The van der Waals surface area contributed by atoms with E-state index >= 15 is 0 Å². The van der Waals surface area contributed by atoms with Crippen LogP contribution in [0.2, 0.25) is 0 Å². The highest BCUT2D eigenvalue weighted by Gasteiger charge is 2.23. The molecule has 1 saturated heterocycles. The Hall–Kier alpha value is -1.59. The van der Waals surface area contributed by atoms with Gasteiger partial charge < -0.3 is 20.1 Å². The smallest absolute Gasteiger partial charge is 0.337 e. The molecule has 1 aromatic rings. The second-order valence-corrected chi connectivity index (χ2v) is 4.89. The molecule has 104 valence electrons. The van der Waals surface area contributed by atoms with Crippen LogP contribution >= 0.6 is 0 Å². The Kier molecular flexibility index (Phi) is 4.39. The van der Waals surface area contributed by atoms with Crippen molar-refractivity contribution >= 4 is 11.7 Å². The SMILES string of the molecule is COC(=O)c1cccc(N2CC(C)NC(CO)C2)c1. The molecule has 2 rings (SSSR count). The minimum absolute atomic E-state index is 0.0607. The predicted molar refractivity (Wildman–Crippen MR) is 73.5 cm³/mol. The summed E-state index contributed by atoms with van der Waals surface area (Å²) in [4.78, 5) is 13.7. The second kappa shape index (κ2) is 6.04. The number of nitrogens with one attached hydrogen (secondary N) is 1. The quantitative estimate of drug-likeness (QED) is 0.784. The van der Waals surface area contributed by atoms with Gasteiger partial charge in [0.15, 0.2) is 0 Å². The standard InChI is InChI=1S/C14H20N2O3/c1-10-7-16(8-12(9-17)15-10)13-5-3-4-11(6-13)14(18)19-2/h3-6,10,12,15,17H,7-9H2,1-2H3. The monoisotopic (exact) mass is 264 g/mol. The van der Waals surface area contributed by atoms with Crippen LogP contribution in [0.1, 0.15) is 17.3 Å². The van der Waals surface area contributed by atoms with Gasteiger partial charge in [0.25, 0.3) is 0 Å². The molecule has 0 radical (unpaired) electrons. The number of carbonyl (C=O) groups excluding carboxylic acids is 1. The van der Waals surface area contributed by atoms with Gasteiger partial charge in [0.05, 0.1) is 19.3 Å². The Morgan fingerprint density at radius 1 is 1.53 bits per heavy atom. The van der Waals surface area contributed by atoms with Gasteiger partial charge in [-0.25, -0.2) is 4.79 Å². The lowest BCUT2D eigenvalue weighted by Gasteiger charge is -2.38. The molecule has 1 aliphatic rings. The minimum atomic E-state index is -0.330. The topological polar surface area (TPSA) is 61.8 Å². The van der Waals surface area contributed by atoms with Crippen molar-refractivity contribution in [2.75, 3.05) is 31.7 Å². The van der Waals surface area contributed by atoms with E-state index in [1.54, 1.807) is 6.07 Å². The first kappa shape index (κ1) is 13.8. The molecule has 0 bridgehead atoms. The summed E-state index contributed by atoms with van der Waals surface area (Å²) in [5.74, 6) is -0.330. The zero-order chi connectivity index (χ0) is 13.8. The molecule has 0 aliphatic carbocycles. The Morgan fingerprint density at radius 2 is 2.32 bits per heavy atom. The number of nitrogens with zero attached hydrogens (tertiary/aromatic N) is 1. The minimum Gasteiger partial charge on any atom is -0.465 e. The lowest BCUT2D eigenvalue weighted by Crippen LogP contribution is -2.56. The molecule has 2 N–H and O–H groups in total. The molecular weight excluding hydrogens is 244 g/mol. The molecule has 1 aromatic carbocycles. The van der Waals surface area contributed by atoms with Crippen molar-refractivity contribution in [2.24, 2.45) is 0 Å². The van der Waals surface area contributed by atoms with Gasteiger partial charge in [-0.2, -0.15) is 0 Å². The van der Waals surface area contributed by atoms with Crippen LogP contribution in [0, 0.1) is 0 Å². The summed E-state index contributed by atoms with van der Waals surface area (Å²) in [7, 11) is 1.38. The summed E-state index contributed by atoms with van der Waals surface area (Å²) in [5, 5.41) is 12.6. The highest BCUT2D eigenvalue weighted by molar-refractivity contribution is 5.90. The number of ether oxygens (including phenoxy) is 1. The second-order valence-electron chi connectivity index (χ2n) is 4.89. The summed E-state index contributed by atoms with van der Waals surface area (Å²) < 4.78 is 4.73. The number of esters is 1. The van der Waals surface area contributed by atoms with Crippen molar-refractivity contribution in [1.29, 1.82) is 0 Å². The van der Waals surface area contributed by atoms with Crippen LogP contribution in [0.3, 0.4) is 0 Å². The third-order valence-corrected chi connectivity index (χ3v) is 3.31. The molecule has 0 saturated carbocycles. The maximum atomic E-state index is 11.5. The summed E-state index contributed by atoms with van der Waals surface area (Å²) in [6.45, 7) is 3.77. The largest absolute Gasteiger partial charge is 0.465 e. The van der Waals surface area contributed by atoms with E-state index in [4.69, 9.17) is 4.74 Å². The van der Waals surface area contributed by atoms with Crippen LogP contribution in [0.25, 0.3) is 0 Å². The summed E-state index contributed by atoms with van der Waals surface area (Å²) in [6, 6.07) is 7.75. The highest BCUT2D eigenvalue weighted by Crippen LogP contribution is 2.19. The Balaban J connectivity index is 2.18. The predicted octanol–water partition coefficient (Wildman–Crippen LogP) is 0.632. The number of hydrogen-bond donors (Lipinski definition) is 2. The normalized spacial score (nSPS) is 23.2. The third-order valence-electron chi connectivity index (χ3n) is 3.31. The van der Waals surface area contributed by atoms with Gasteiger partial charge in [0.1, 0.15) is 0 Å². The average Bonchev–Trinajstić information content (AvgIpc) is 2.45. The Labute approximate surface area is 113 Å². The number of anilines is 1. The molecule has 19 heavy (non-hydrogen) atoms. The van der Waals surface area contributed by atoms with E-state index in [1.807, 2.05) is 18.2 Å².